The van der Waals surface area contributed by atoms with Gasteiger partial charge in [-0.2, -0.15) is 0 Å². The van der Waals surface area contributed by atoms with Crippen LogP contribution in [0.25, 0.3) is 0 Å². The lowest BCUT2D eigenvalue weighted by atomic mass is 10.1. The number of aliphatic imine (C=N–C) groups is 2. The molecule has 0 radical (unpaired) electrons. The lowest BCUT2D eigenvalue weighted by molar-refractivity contribution is 0.316. The van der Waals surface area contributed by atoms with Crippen molar-refractivity contribution in [3.05, 3.63) is 72.1 Å². The number of hydrogen-bond acceptors (Lipinski definition) is 6. The van der Waals surface area contributed by atoms with E-state index in [4.69, 9.17) is 19.9 Å². The third kappa shape index (κ3) is 4.36. The summed E-state index contributed by atoms with van der Waals surface area (Å²) in [5, 5.41) is 0. The zero-order valence-corrected chi connectivity index (χ0v) is 15.5. The van der Waals surface area contributed by atoms with E-state index in [1.165, 1.54) is 0 Å². The van der Waals surface area contributed by atoms with Crippen molar-refractivity contribution in [1.29, 1.82) is 0 Å². The van der Waals surface area contributed by atoms with Crippen LogP contribution in [0.1, 0.15) is 0 Å². The molecule has 1 aliphatic carbocycles. The standard InChI is InChI=1S/C21H21N3O3/c1-25-16-8-4-14(5-9-16)23-19-13-21(27-3)20(12-18(19)22)24-15-6-10-17(26-2)11-7-15/h4-13H,22H2,1-3H3. The van der Waals surface area contributed by atoms with Gasteiger partial charge in [0.1, 0.15) is 23.0 Å². The van der Waals surface area contributed by atoms with Crippen LogP contribution in [-0.2, 0) is 4.74 Å². The number of rotatable bonds is 5. The van der Waals surface area contributed by atoms with Crippen molar-refractivity contribution in [3.63, 3.8) is 0 Å². The predicted octanol–water partition coefficient (Wildman–Crippen LogP) is 3.94. The Kier molecular flexibility index (Phi) is 5.56. The van der Waals surface area contributed by atoms with Crippen LogP contribution in [-0.4, -0.2) is 32.8 Å². The van der Waals surface area contributed by atoms with Crippen LogP contribution in [0.15, 0.2) is 82.1 Å². The average molecular weight is 363 g/mol. The maximum Gasteiger partial charge on any atom is 0.146 e. The molecule has 2 aromatic rings. The first kappa shape index (κ1) is 18.3. The van der Waals surface area contributed by atoms with E-state index >= 15 is 0 Å². The molecule has 0 bridgehead atoms. The topological polar surface area (TPSA) is 78.4 Å². The van der Waals surface area contributed by atoms with Crippen LogP contribution in [0.2, 0.25) is 0 Å². The highest BCUT2D eigenvalue weighted by atomic mass is 16.5. The van der Waals surface area contributed by atoms with Crippen molar-refractivity contribution in [3.8, 4) is 11.5 Å². The maximum atomic E-state index is 6.19. The van der Waals surface area contributed by atoms with Gasteiger partial charge in [0.25, 0.3) is 0 Å². The van der Waals surface area contributed by atoms with Crippen LogP contribution in [0.5, 0.6) is 11.5 Å². The first-order valence-corrected chi connectivity index (χ1v) is 8.32. The van der Waals surface area contributed by atoms with E-state index in [1.54, 1.807) is 33.5 Å². The van der Waals surface area contributed by atoms with E-state index in [2.05, 4.69) is 9.98 Å². The van der Waals surface area contributed by atoms with E-state index in [0.717, 1.165) is 22.9 Å². The minimum absolute atomic E-state index is 0.513. The van der Waals surface area contributed by atoms with E-state index in [0.29, 0.717) is 22.9 Å². The molecule has 0 aliphatic heterocycles. The van der Waals surface area contributed by atoms with Crippen LogP contribution in [0, 0.1) is 0 Å². The second kappa shape index (κ2) is 8.23. The lowest BCUT2D eigenvalue weighted by Gasteiger charge is -2.15. The maximum absolute atomic E-state index is 6.19. The Labute approximate surface area is 158 Å². The molecule has 27 heavy (non-hydrogen) atoms. The summed E-state index contributed by atoms with van der Waals surface area (Å²) >= 11 is 0. The van der Waals surface area contributed by atoms with Gasteiger partial charge in [0.2, 0.25) is 0 Å². The van der Waals surface area contributed by atoms with Gasteiger partial charge in [-0.15, -0.1) is 0 Å². The van der Waals surface area contributed by atoms with Crippen molar-refractivity contribution < 1.29 is 14.2 Å². The quantitative estimate of drug-likeness (QED) is 0.816. The molecule has 138 valence electrons. The van der Waals surface area contributed by atoms with Crippen molar-refractivity contribution >= 4 is 22.8 Å². The molecule has 0 heterocycles. The van der Waals surface area contributed by atoms with Gasteiger partial charge < -0.3 is 19.9 Å². The fourth-order valence-electron chi connectivity index (χ4n) is 2.51. The fraction of sp³-hybridized carbons (Fsp3) is 0.143. The summed E-state index contributed by atoms with van der Waals surface area (Å²) in [6.45, 7) is 0. The summed E-state index contributed by atoms with van der Waals surface area (Å²) in [7, 11) is 4.84. The number of allylic oxidation sites excluding steroid dienone is 2. The van der Waals surface area contributed by atoms with Crippen molar-refractivity contribution in [1.82, 2.24) is 0 Å². The highest BCUT2D eigenvalue weighted by Gasteiger charge is 2.16. The molecule has 3 rings (SSSR count). The summed E-state index contributed by atoms with van der Waals surface area (Å²) < 4.78 is 15.8. The molecule has 2 aromatic carbocycles. The number of nitrogens with two attached hydrogens (primary N) is 1. The minimum atomic E-state index is 0.513. The Balaban J connectivity index is 1.90. The number of benzene rings is 2. The summed E-state index contributed by atoms with van der Waals surface area (Å²) in [5.41, 5.74) is 9.50. The van der Waals surface area contributed by atoms with Gasteiger partial charge in [-0.05, 0) is 54.6 Å². The van der Waals surface area contributed by atoms with Gasteiger partial charge in [0.15, 0.2) is 0 Å². The highest BCUT2D eigenvalue weighted by Crippen LogP contribution is 2.23. The smallest absolute Gasteiger partial charge is 0.146 e. The van der Waals surface area contributed by atoms with Gasteiger partial charge in [0.05, 0.1) is 44.1 Å². The van der Waals surface area contributed by atoms with Crippen LogP contribution in [0.4, 0.5) is 11.4 Å². The Morgan fingerprint density at radius 1 is 0.630 bits per heavy atom. The molecule has 1 aliphatic rings. The Bertz CT molecular complexity index is 924. The van der Waals surface area contributed by atoms with E-state index in [1.807, 2.05) is 48.5 Å². The van der Waals surface area contributed by atoms with E-state index < -0.39 is 0 Å². The predicted molar refractivity (Wildman–Crippen MR) is 108 cm³/mol. The van der Waals surface area contributed by atoms with Crippen LogP contribution < -0.4 is 15.2 Å². The van der Waals surface area contributed by atoms with Crippen LogP contribution >= 0.6 is 0 Å². The van der Waals surface area contributed by atoms with Gasteiger partial charge in [0, 0.05) is 6.08 Å². The monoisotopic (exact) mass is 363 g/mol. The summed E-state index contributed by atoms with van der Waals surface area (Å²) in [4.78, 5) is 9.18. The third-order valence-electron chi connectivity index (χ3n) is 3.97. The summed E-state index contributed by atoms with van der Waals surface area (Å²) in [6, 6.07) is 14.8. The van der Waals surface area contributed by atoms with Crippen molar-refractivity contribution in [2.45, 2.75) is 0 Å². The first-order chi connectivity index (χ1) is 13.1. The van der Waals surface area contributed by atoms with Gasteiger partial charge in [-0.3, -0.25) is 0 Å². The average Bonchev–Trinajstić information content (AvgIpc) is 2.71. The molecular weight excluding hydrogens is 342 g/mol. The van der Waals surface area contributed by atoms with E-state index in [9.17, 15) is 0 Å². The van der Waals surface area contributed by atoms with Gasteiger partial charge in [-0.1, -0.05) is 0 Å². The molecule has 6 heteroatoms. The second-order valence-electron chi connectivity index (χ2n) is 5.70. The molecule has 0 spiro atoms. The summed E-state index contributed by atoms with van der Waals surface area (Å²) in [5.74, 6) is 2.13. The van der Waals surface area contributed by atoms with E-state index in [-0.39, 0.29) is 0 Å². The number of nitrogens with zero attached hydrogens (tertiary/aromatic N) is 2. The van der Waals surface area contributed by atoms with Gasteiger partial charge >= 0.3 is 0 Å². The Hall–Kier alpha value is -3.54. The third-order valence-corrected chi connectivity index (χ3v) is 3.97. The molecular formula is C21H21N3O3. The number of ether oxygens (including phenoxy) is 3. The second-order valence-corrected chi connectivity index (χ2v) is 5.70. The number of methoxy groups -OCH3 is 3. The highest BCUT2D eigenvalue weighted by molar-refractivity contribution is 6.23. The Morgan fingerprint density at radius 3 is 1.56 bits per heavy atom. The first-order valence-electron chi connectivity index (χ1n) is 8.32. The molecule has 2 N–H and O–H groups in total. The van der Waals surface area contributed by atoms with Crippen LogP contribution in [0.3, 0.4) is 0 Å². The molecule has 0 saturated carbocycles. The lowest BCUT2D eigenvalue weighted by Crippen LogP contribution is -2.19. The van der Waals surface area contributed by atoms with Crippen molar-refractivity contribution in [2.75, 3.05) is 21.3 Å². The Morgan fingerprint density at radius 2 is 1.11 bits per heavy atom. The molecule has 0 aromatic heterocycles. The molecule has 0 fully saturated rings. The SMILES string of the molecule is COC1=CC(=Nc2ccc(OC)cc2)C(N)=CC1=Nc1ccc(OC)cc1. The van der Waals surface area contributed by atoms with Gasteiger partial charge in [-0.25, -0.2) is 9.98 Å². The largest absolute Gasteiger partial charge is 0.497 e. The zero-order chi connectivity index (χ0) is 19.2. The molecule has 6 nitrogen and oxygen atoms in total. The zero-order valence-electron chi connectivity index (χ0n) is 15.5. The molecule has 0 amide bonds. The molecule has 0 atom stereocenters. The normalized spacial score (nSPS) is 16.7. The fourth-order valence-corrected chi connectivity index (χ4v) is 2.51. The molecule has 0 unspecified atom stereocenters. The molecule has 0 saturated heterocycles. The number of hydrogen-bond donors (Lipinski definition) is 1. The van der Waals surface area contributed by atoms with Crippen molar-refractivity contribution in [2.24, 2.45) is 15.7 Å². The minimum Gasteiger partial charge on any atom is -0.497 e. The summed E-state index contributed by atoms with van der Waals surface area (Å²) in [6.07, 6.45) is 3.54.